The van der Waals surface area contributed by atoms with E-state index < -0.39 is 0 Å². The number of ether oxygens (including phenoxy) is 1. The topological polar surface area (TPSA) is 92.6 Å². The van der Waals surface area contributed by atoms with E-state index >= 15 is 0 Å². The molecule has 1 heterocycles. The Morgan fingerprint density at radius 3 is 2.69 bits per heavy atom. The van der Waals surface area contributed by atoms with E-state index in [9.17, 15) is 4.79 Å². The van der Waals surface area contributed by atoms with E-state index in [1.807, 2.05) is 42.1 Å². The molecule has 2 aromatic carbocycles. The van der Waals surface area contributed by atoms with Crippen molar-refractivity contribution < 1.29 is 9.53 Å². The van der Waals surface area contributed by atoms with Crippen LogP contribution in [0.1, 0.15) is 19.4 Å². The van der Waals surface area contributed by atoms with E-state index in [0.29, 0.717) is 25.4 Å². The first kappa shape index (κ1) is 22.9. The van der Waals surface area contributed by atoms with Crippen molar-refractivity contribution in [1.29, 1.82) is 0 Å². The minimum absolute atomic E-state index is 0.107. The summed E-state index contributed by atoms with van der Waals surface area (Å²) in [4.78, 5) is 15.8. The Bertz CT molecular complexity index is 1000. The molecule has 0 unspecified atom stereocenters. The smallest absolute Gasteiger partial charge is 0.221 e. The van der Waals surface area contributed by atoms with Crippen molar-refractivity contribution in [3.8, 4) is 11.4 Å². The number of rotatable bonds is 10. The number of guanidine groups is 1. The van der Waals surface area contributed by atoms with Crippen molar-refractivity contribution in [2.75, 3.05) is 31.6 Å². The molecule has 1 aromatic heterocycles. The maximum Gasteiger partial charge on any atom is 0.221 e. The summed E-state index contributed by atoms with van der Waals surface area (Å²) in [6.07, 6.45) is 4.55. The first-order chi connectivity index (χ1) is 15.6. The molecule has 0 saturated heterocycles. The largest absolute Gasteiger partial charge is 0.492 e. The zero-order valence-electron chi connectivity index (χ0n) is 18.5. The van der Waals surface area contributed by atoms with Crippen molar-refractivity contribution in [3.05, 3.63) is 72.6 Å². The quantitative estimate of drug-likeness (QED) is 0.259. The summed E-state index contributed by atoms with van der Waals surface area (Å²) < 4.78 is 7.61. The second kappa shape index (κ2) is 12.1. The van der Waals surface area contributed by atoms with Crippen molar-refractivity contribution in [2.45, 2.75) is 20.3 Å². The number of carbonyl (C=O) groups excluding carboxylic acids is 1. The van der Waals surface area contributed by atoms with Gasteiger partial charge in [-0.1, -0.05) is 18.2 Å². The standard InChI is InChI=1S/C24H30N6O2/c1-3-25-24(27-15-17-32-23-7-4-6-21(18-23)29-19(2)31)26-14-12-20-8-10-22(11-9-20)30-16-5-13-28-30/h4-11,13,16,18H,3,12,14-15,17H2,1-2H3,(H,29,31)(H2,25,26,27). The summed E-state index contributed by atoms with van der Waals surface area (Å²) in [5, 5.41) is 13.5. The normalized spacial score (nSPS) is 11.1. The molecule has 8 nitrogen and oxygen atoms in total. The van der Waals surface area contributed by atoms with Gasteiger partial charge in [-0.05, 0) is 49.2 Å². The highest BCUT2D eigenvalue weighted by atomic mass is 16.5. The molecule has 0 bridgehead atoms. The van der Waals surface area contributed by atoms with Crippen LogP contribution in [0.25, 0.3) is 5.69 Å². The summed E-state index contributed by atoms with van der Waals surface area (Å²) in [5.41, 5.74) is 2.98. The fourth-order valence-electron chi connectivity index (χ4n) is 3.08. The number of carbonyl (C=O) groups is 1. The van der Waals surface area contributed by atoms with Crippen molar-refractivity contribution in [3.63, 3.8) is 0 Å². The number of aromatic nitrogens is 2. The van der Waals surface area contributed by atoms with Crippen LogP contribution in [0.3, 0.4) is 0 Å². The lowest BCUT2D eigenvalue weighted by Crippen LogP contribution is -2.39. The molecule has 0 fully saturated rings. The minimum Gasteiger partial charge on any atom is -0.492 e. The van der Waals surface area contributed by atoms with Gasteiger partial charge >= 0.3 is 0 Å². The molecule has 0 aliphatic rings. The van der Waals surface area contributed by atoms with E-state index in [1.165, 1.54) is 12.5 Å². The molecule has 3 rings (SSSR count). The first-order valence-electron chi connectivity index (χ1n) is 10.8. The third-order valence-electron chi connectivity index (χ3n) is 4.54. The summed E-state index contributed by atoms with van der Waals surface area (Å²) in [6, 6.07) is 17.6. The van der Waals surface area contributed by atoms with E-state index in [0.717, 1.165) is 30.3 Å². The van der Waals surface area contributed by atoms with Crippen LogP contribution < -0.4 is 20.7 Å². The molecule has 0 saturated carbocycles. The van der Waals surface area contributed by atoms with Crippen molar-refractivity contribution >= 4 is 17.6 Å². The van der Waals surface area contributed by atoms with Gasteiger partial charge in [-0.2, -0.15) is 5.10 Å². The lowest BCUT2D eigenvalue weighted by atomic mass is 10.1. The average molecular weight is 435 g/mol. The minimum atomic E-state index is -0.107. The number of hydrogen-bond donors (Lipinski definition) is 3. The second-order valence-electron chi connectivity index (χ2n) is 7.11. The number of nitrogens with one attached hydrogen (secondary N) is 3. The average Bonchev–Trinajstić information content (AvgIpc) is 3.32. The van der Waals surface area contributed by atoms with Crippen LogP contribution in [-0.4, -0.2) is 47.9 Å². The van der Waals surface area contributed by atoms with Crippen LogP contribution >= 0.6 is 0 Å². The zero-order valence-corrected chi connectivity index (χ0v) is 18.5. The fraction of sp³-hybridized carbons (Fsp3) is 0.292. The van der Waals surface area contributed by atoms with Crippen LogP contribution in [0.5, 0.6) is 5.75 Å². The lowest BCUT2D eigenvalue weighted by molar-refractivity contribution is -0.114. The molecular formula is C24H30N6O2. The third-order valence-corrected chi connectivity index (χ3v) is 4.54. The van der Waals surface area contributed by atoms with Crippen molar-refractivity contribution in [1.82, 2.24) is 20.4 Å². The van der Waals surface area contributed by atoms with E-state index in [-0.39, 0.29) is 5.91 Å². The molecule has 0 radical (unpaired) electrons. The first-order valence-corrected chi connectivity index (χ1v) is 10.8. The lowest BCUT2D eigenvalue weighted by Gasteiger charge is -2.12. The van der Waals surface area contributed by atoms with Gasteiger partial charge in [0.05, 0.1) is 12.2 Å². The highest BCUT2D eigenvalue weighted by Gasteiger charge is 2.01. The summed E-state index contributed by atoms with van der Waals surface area (Å²) in [7, 11) is 0. The maximum absolute atomic E-state index is 11.2. The molecule has 1 amide bonds. The molecule has 32 heavy (non-hydrogen) atoms. The number of amides is 1. The molecule has 8 heteroatoms. The van der Waals surface area contributed by atoms with Gasteiger partial charge in [0.1, 0.15) is 12.4 Å². The zero-order chi connectivity index (χ0) is 22.6. The SMILES string of the molecule is CCNC(=NCCc1ccc(-n2cccn2)cc1)NCCOc1cccc(NC(C)=O)c1. The number of hydrogen-bond acceptors (Lipinski definition) is 4. The third kappa shape index (κ3) is 7.46. The van der Waals surface area contributed by atoms with Gasteiger partial charge in [-0.15, -0.1) is 0 Å². The summed E-state index contributed by atoms with van der Waals surface area (Å²) in [6.45, 7) is 6.06. The van der Waals surface area contributed by atoms with Gasteiger partial charge in [-0.25, -0.2) is 4.68 Å². The van der Waals surface area contributed by atoms with E-state index in [4.69, 9.17) is 4.74 Å². The molecule has 168 valence electrons. The summed E-state index contributed by atoms with van der Waals surface area (Å²) in [5.74, 6) is 1.36. The van der Waals surface area contributed by atoms with Gasteiger partial charge in [0, 0.05) is 44.2 Å². The monoisotopic (exact) mass is 434 g/mol. The molecule has 0 spiro atoms. The number of benzene rings is 2. The molecule has 0 atom stereocenters. The van der Waals surface area contributed by atoms with Gasteiger partial charge < -0.3 is 20.7 Å². The van der Waals surface area contributed by atoms with Crippen LogP contribution in [0.15, 0.2) is 72.0 Å². The van der Waals surface area contributed by atoms with E-state index in [1.54, 1.807) is 12.3 Å². The highest BCUT2D eigenvalue weighted by molar-refractivity contribution is 5.88. The predicted molar refractivity (Wildman–Crippen MR) is 127 cm³/mol. The number of nitrogens with zero attached hydrogens (tertiary/aromatic N) is 3. The molecule has 0 aliphatic carbocycles. The predicted octanol–water partition coefficient (Wildman–Crippen LogP) is 3.01. The van der Waals surface area contributed by atoms with Crippen LogP contribution in [-0.2, 0) is 11.2 Å². The Hall–Kier alpha value is -3.81. The van der Waals surface area contributed by atoms with Crippen LogP contribution in [0.2, 0.25) is 0 Å². The molecule has 0 aliphatic heterocycles. The number of anilines is 1. The van der Waals surface area contributed by atoms with Crippen LogP contribution in [0, 0.1) is 0 Å². The van der Waals surface area contributed by atoms with Gasteiger partial charge in [0.15, 0.2) is 5.96 Å². The molecule has 3 N–H and O–H groups in total. The van der Waals surface area contributed by atoms with Crippen molar-refractivity contribution in [2.24, 2.45) is 4.99 Å². The Morgan fingerprint density at radius 1 is 1.12 bits per heavy atom. The Labute approximate surface area is 188 Å². The highest BCUT2D eigenvalue weighted by Crippen LogP contribution is 2.17. The van der Waals surface area contributed by atoms with Gasteiger partial charge in [0.25, 0.3) is 0 Å². The number of aliphatic imine (C=N–C) groups is 1. The van der Waals surface area contributed by atoms with Gasteiger partial charge in [-0.3, -0.25) is 9.79 Å². The second-order valence-corrected chi connectivity index (χ2v) is 7.11. The summed E-state index contributed by atoms with van der Waals surface area (Å²) >= 11 is 0. The van der Waals surface area contributed by atoms with Crippen LogP contribution in [0.4, 0.5) is 5.69 Å². The molecular weight excluding hydrogens is 404 g/mol. The van der Waals surface area contributed by atoms with E-state index in [2.05, 4.69) is 50.3 Å². The Kier molecular flexibility index (Phi) is 8.68. The fourth-order valence-corrected chi connectivity index (χ4v) is 3.08. The maximum atomic E-state index is 11.2. The Morgan fingerprint density at radius 2 is 1.97 bits per heavy atom. The Balaban J connectivity index is 1.43. The van der Waals surface area contributed by atoms with Gasteiger partial charge in [0.2, 0.25) is 5.91 Å². The molecule has 3 aromatic rings.